The maximum atomic E-state index is 13.8. The molecule has 0 saturated carbocycles. The molecule has 1 aromatic carbocycles. The second kappa shape index (κ2) is 6.46. The van der Waals surface area contributed by atoms with E-state index in [0.29, 0.717) is 0 Å². The molecule has 0 fully saturated rings. The van der Waals surface area contributed by atoms with Gasteiger partial charge in [-0.3, -0.25) is 0 Å². The van der Waals surface area contributed by atoms with Crippen molar-refractivity contribution in [2.75, 3.05) is 0 Å². The van der Waals surface area contributed by atoms with Crippen molar-refractivity contribution < 1.29 is 27.7 Å². The van der Waals surface area contributed by atoms with Crippen molar-refractivity contribution in [2.45, 2.75) is 45.5 Å². The molecule has 0 aliphatic carbocycles. The van der Waals surface area contributed by atoms with Gasteiger partial charge >= 0.3 is 14.1 Å². The van der Waals surface area contributed by atoms with Crippen molar-refractivity contribution in [3.05, 3.63) is 23.0 Å². The van der Waals surface area contributed by atoms with E-state index >= 15 is 0 Å². The van der Waals surface area contributed by atoms with Crippen LogP contribution in [0.1, 0.15) is 27.7 Å². The highest BCUT2D eigenvalue weighted by molar-refractivity contribution is 6.53. The van der Waals surface area contributed by atoms with Gasteiger partial charge in [-0.25, -0.2) is 4.39 Å². The molecule has 1 N–H and O–H groups in total. The molecule has 0 spiro atoms. The number of hydrogen-bond donors (Lipinski definition) is 1. The monoisotopic (exact) mass is 323 g/mol. The van der Waals surface area contributed by atoms with Gasteiger partial charge in [0, 0.05) is 0 Å². The zero-order valence-electron chi connectivity index (χ0n) is 12.1. The van der Waals surface area contributed by atoms with E-state index in [1.54, 1.807) is 27.7 Å². The normalized spacial score (nSPS) is 12.7. The van der Waals surface area contributed by atoms with Crippen LogP contribution in [0.25, 0.3) is 0 Å². The van der Waals surface area contributed by atoms with Crippen molar-refractivity contribution in [3.63, 3.8) is 0 Å². The van der Waals surface area contributed by atoms with E-state index < -0.39 is 34.4 Å². The van der Waals surface area contributed by atoms with Crippen molar-refractivity contribution in [1.29, 1.82) is 0 Å². The van der Waals surface area contributed by atoms with E-state index in [0.717, 1.165) is 13.5 Å². The Morgan fingerprint density at radius 2 is 1.81 bits per heavy atom. The fraction of sp³-hybridized carbons (Fsp3) is 0.538. The van der Waals surface area contributed by atoms with Crippen molar-refractivity contribution in [1.82, 2.24) is 0 Å². The van der Waals surface area contributed by atoms with Gasteiger partial charge in [-0.15, -0.1) is 0 Å². The van der Waals surface area contributed by atoms with Gasteiger partial charge in [0.15, 0.2) is 11.6 Å². The summed E-state index contributed by atoms with van der Waals surface area (Å²) < 4.78 is 47.3. The van der Waals surface area contributed by atoms with E-state index in [4.69, 9.17) is 16.3 Å². The molecule has 3 nitrogen and oxygen atoms in total. The minimum absolute atomic E-state index is 0.146. The fourth-order valence-corrected chi connectivity index (χ4v) is 1.38. The van der Waals surface area contributed by atoms with Crippen LogP contribution in [-0.4, -0.2) is 30.4 Å². The topological polar surface area (TPSA) is 38.7 Å². The summed E-state index contributed by atoms with van der Waals surface area (Å²) in [4.78, 5) is 0. The highest BCUT2D eigenvalue weighted by Gasteiger charge is 2.36. The average Bonchev–Trinajstić information content (AvgIpc) is 2.32. The van der Waals surface area contributed by atoms with Crippen LogP contribution >= 0.6 is 11.6 Å². The van der Waals surface area contributed by atoms with E-state index in [2.05, 4.69) is 4.74 Å². The summed E-state index contributed by atoms with van der Waals surface area (Å²) >= 11 is 5.75. The first kappa shape index (κ1) is 18.1. The quantitative estimate of drug-likeness (QED) is 0.818. The predicted molar refractivity (Wildman–Crippen MR) is 74.9 cm³/mol. The Hall–Kier alpha value is -0.915. The smallest absolute Gasteiger partial charge is 0.387 e. The highest BCUT2D eigenvalue weighted by Crippen LogP contribution is 2.26. The summed E-state index contributed by atoms with van der Waals surface area (Å²) in [6, 6.07) is 2.31. The summed E-state index contributed by atoms with van der Waals surface area (Å²) in [6.07, 6.45) is 0. The molecule has 0 aliphatic heterocycles. The van der Waals surface area contributed by atoms with Crippen LogP contribution in [0, 0.1) is 5.82 Å². The van der Waals surface area contributed by atoms with E-state index in [1.165, 1.54) is 6.07 Å². The van der Waals surface area contributed by atoms with Crippen LogP contribution < -0.4 is 10.2 Å². The van der Waals surface area contributed by atoms with E-state index in [-0.39, 0.29) is 5.46 Å². The molecule has 1 rings (SSSR count). The van der Waals surface area contributed by atoms with Gasteiger partial charge in [0.1, 0.15) is 0 Å². The van der Waals surface area contributed by atoms with Gasteiger partial charge < -0.3 is 14.5 Å². The number of hydrogen-bond acceptors (Lipinski definition) is 3. The third-order valence-electron chi connectivity index (χ3n) is 3.25. The Labute approximate surface area is 127 Å². The molecular weight excluding hydrogens is 307 g/mol. The summed E-state index contributed by atoms with van der Waals surface area (Å²) in [5.74, 6) is -1.75. The molecule has 117 valence electrons. The van der Waals surface area contributed by atoms with Crippen molar-refractivity contribution in [2.24, 2.45) is 0 Å². The molecule has 1 aromatic rings. The molecule has 8 heteroatoms. The maximum Gasteiger partial charge on any atom is 0.387 e. The zero-order chi connectivity index (χ0) is 16.4. The summed E-state index contributed by atoms with van der Waals surface area (Å²) in [6.45, 7) is 3.26. The predicted octanol–water partition coefficient (Wildman–Crippen LogP) is 2.89. The van der Waals surface area contributed by atoms with Gasteiger partial charge in [0.25, 0.3) is 0 Å². The molecule has 0 heterocycles. The van der Waals surface area contributed by atoms with Crippen LogP contribution in [0.2, 0.25) is 5.02 Å². The largest absolute Gasteiger partial charge is 0.432 e. The number of rotatable bonds is 6. The lowest BCUT2D eigenvalue weighted by molar-refractivity contribution is -0.0893. The van der Waals surface area contributed by atoms with Gasteiger partial charge in [0.2, 0.25) is 0 Å². The Balaban J connectivity index is 2.89. The lowest BCUT2D eigenvalue weighted by Crippen LogP contribution is -2.49. The Bertz CT molecular complexity index is 504. The van der Waals surface area contributed by atoms with Crippen LogP contribution in [-0.2, 0) is 4.65 Å². The summed E-state index contributed by atoms with van der Waals surface area (Å²) in [7, 11) is 1.16. The Morgan fingerprint density at radius 3 is 2.29 bits per heavy atom. The molecule has 1 radical (unpaired) electrons. The van der Waals surface area contributed by atoms with Crippen LogP contribution in [0.5, 0.6) is 5.75 Å². The van der Waals surface area contributed by atoms with Gasteiger partial charge in [0.05, 0.1) is 16.2 Å². The Morgan fingerprint density at radius 1 is 1.24 bits per heavy atom. The SMILES string of the molecule is CC(C)(O)C(C)(C)O[B]c1ccc(OC(F)F)c(F)c1Cl. The molecule has 21 heavy (non-hydrogen) atoms. The second-order valence-electron chi connectivity index (χ2n) is 5.46. The lowest BCUT2D eigenvalue weighted by atomic mass is 9.82. The number of ether oxygens (including phenoxy) is 1. The molecule has 0 atom stereocenters. The zero-order valence-corrected chi connectivity index (χ0v) is 12.8. The van der Waals surface area contributed by atoms with Crippen LogP contribution in [0.4, 0.5) is 13.2 Å². The third-order valence-corrected chi connectivity index (χ3v) is 3.63. The van der Waals surface area contributed by atoms with Gasteiger partial charge in [-0.1, -0.05) is 17.7 Å². The molecule has 0 aromatic heterocycles. The summed E-state index contributed by atoms with van der Waals surface area (Å²) in [5.41, 5.74) is -1.98. The number of alkyl halides is 2. The van der Waals surface area contributed by atoms with Crippen molar-refractivity contribution >= 4 is 24.5 Å². The first-order valence-electron chi connectivity index (χ1n) is 6.12. The standard InChI is InChI=1S/C13H16BClF3O3/c1-12(2,19)13(3,4)21-14-7-5-6-8(20-11(17)18)10(16)9(7)15/h5-6,11,19H,1-4H3. The second-order valence-corrected chi connectivity index (χ2v) is 5.84. The number of benzene rings is 1. The van der Waals surface area contributed by atoms with Gasteiger partial charge in [-0.05, 0) is 39.2 Å². The van der Waals surface area contributed by atoms with E-state index in [1.807, 2.05) is 0 Å². The maximum absolute atomic E-state index is 13.8. The lowest BCUT2D eigenvalue weighted by Gasteiger charge is -2.37. The molecule has 0 amide bonds. The minimum atomic E-state index is -3.14. The average molecular weight is 324 g/mol. The molecular formula is C13H16BClF3O3. The third kappa shape index (κ3) is 4.53. The molecule has 0 saturated heterocycles. The Kier molecular flexibility index (Phi) is 5.58. The molecule has 0 unspecified atom stereocenters. The first-order valence-corrected chi connectivity index (χ1v) is 6.49. The number of halogens is 4. The summed E-state index contributed by atoms with van der Waals surface area (Å²) in [5, 5.41) is 9.53. The van der Waals surface area contributed by atoms with E-state index in [9.17, 15) is 18.3 Å². The van der Waals surface area contributed by atoms with Crippen LogP contribution in [0.15, 0.2) is 12.1 Å². The first-order chi connectivity index (χ1) is 9.45. The van der Waals surface area contributed by atoms with Gasteiger partial charge in [-0.2, -0.15) is 8.78 Å². The fourth-order valence-electron chi connectivity index (χ4n) is 1.18. The van der Waals surface area contributed by atoms with Crippen molar-refractivity contribution in [3.8, 4) is 5.75 Å². The highest BCUT2D eigenvalue weighted by atomic mass is 35.5. The molecule has 0 bridgehead atoms. The van der Waals surface area contributed by atoms with Crippen LogP contribution in [0.3, 0.4) is 0 Å². The number of aliphatic hydroxyl groups is 1. The minimum Gasteiger partial charge on any atom is -0.432 e. The molecule has 0 aliphatic rings.